The molecule has 1 aliphatic heterocycles. The van der Waals surface area contributed by atoms with Crippen molar-refractivity contribution in [2.75, 3.05) is 19.6 Å². The van der Waals surface area contributed by atoms with E-state index in [2.05, 4.69) is 17.1 Å². The maximum Gasteiger partial charge on any atom is 0.276 e. The third kappa shape index (κ3) is 3.82. The number of nitrogens with zero attached hydrogens (tertiary/aromatic N) is 2. The molecule has 2 atom stereocenters. The number of pyridine rings is 1. The van der Waals surface area contributed by atoms with Crippen molar-refractivity contribution >= 4 is 5.91 Å². The van der Waals surface area contributed by atoms with Gasteiger partial charge in [0.25, 0.3) is 5.91 Å². The van der Waals surface area contributed by atoms with Crippen LogP contribution in [-0.4, -0.2) is 41.5 Å². The molecular formula is C20H25N3O2. The van der Waals surface area contributed by atoms with E-state index in [0.29, 0.717) is 31.1 Å². The molecule has 0 unspecified atom stereocenters. The summed E-state index contributed by atoms with van der Waals surface area (Å²) in [5, 5.41) is 0. The minimum atomic E-state index is -0.0897. The number of likely N-dealkylation sites (tertiary alicyclic amines) is 1. The van der Waals surface area contributed by atoms with Crippen LogP contribution in [0.4, 0.5) is 0 Å². The molecule has 5 nitrogen and oxygen atoms in total. The van der Waals surface area contributed by atoms with Crippen molar-refractivity contribution < 1.29 is 9.53 Å². The smallest absolute Gasteiger partial charge is 0.276 e. The number of hydrogen-bond acceptors (Lipinski definition) is 4. The fourth-order valence-electron chi connectivity index (χ4n) is 3.40. The second kappa shape index (κ2) is 7.66. The Morgan fingerprint density at radius 2 is 2.00 bits per heavy atom. The van der Waals surface area contributed by atoms with Crippen molar-refractivity contribution in [1.29, 1.82) is 0 Å². The number of carbonyl (C=O) groups is 1. The van der Waals surface area contributed by atoms with Gasteiger partial charge in [0.1, 0.15) is 0 Å². The van der Waals surface area contributed by atoms with Crippen molar-refractivity contribution in [1.82, 2.24) is 9.88 Å². The summed E-state index contributed by atoms with van der Waals surface area (Å²) in [6.07, 6.45) is 1.62. The number of carbonyl (C=O) groups excluding carboxylic acids is 1. The summed E-state index contributed by atoms with van der Waals surface area (Å²) in [5.41, 5.74) is 7.59. The Labute approximate surface area is 148 Å². The van der Waals surface area contributed by atoms with Gasteiger partial charge >= 0.3 is 0 Å². The lowest BCUT2D eigenvalue weighted by molar-refractivity contribution is 0.0773. The Morgan fingerprint density at radius 3 is 2.68 bits per heavy atom. The number of aromatic nitrogens is 1. The number of amides is 1. The Balaban J connectivity index is 1.82. The molecule has 25 heavy (non-hydrogen) atoms. The molecule has 2 N–H and O–H groups in total. The molecule has 1 aromatic heterocycles. The van der Waals surface area contributed by atoms with Crippen molar-refractivity contribution in [3.63, 3.8) is 0 Å². The lowest BCUT2D eigenvalue weighted by Gasteiger charge is -2.19. The van der Waals surface area contributed by atoms with E-state index in [9.17, 15) is 4.79 Å². The molecule has 2 heterocycles. The average Bonchev–Trinajstić information content (AvgIpc) is 3.06. The van der Waals surface area contributed by atoms with Gasteiger partial charge in [-0.15, -0.1) is 0 Å². The molecule has 1 aliphatic rings. The molecule has 1 amide bonds. The van der Waals surface area contributed by atoms with Crippen LogP contribution in [0.15, 0.2) is 48.7 Å². The van der Waals surface area contributed by atoms with Crippen molar-refractivity contribution in [3.05, 3.63) is 59.9 Å². The largest absolute Gasteiger partial charge is 0.489 e. The van der Waals surface area contributed by atoms with Gasteiger partial charge in [0.15, 0.2) is 11.4 Å². The molecule has 5 heteroatoms. The minimum absolute atomic E-state index is 0.0109. The van der Waals surface area contributed by atoms with E-state index in [1.54, 1.807) is 18.3 Å². The van der Waals surface area contributed by atoms with E-state index in [1.807, 2.05) is 36.9 Å². The fourth-order valence-corrected chi connectivity index (χ4v) is 3.40. The zero-order valence-corrected chi connectivity index (χ0v) is 14.8. The van der Waals surface area contributed by atoms with Gasteiger partial charge in [-0.05, 0) is 44.0 Å². The van der Waals surface area contributed by atoms with Crippen LogP contribution in [0, 0.1) is 5.92 Å². The summed E-state index contributed by atoms with van der Waals surface area (Å²) in [6.45, 7) is 5.73. The van der Waals surface area contributed by atoms with E-state index in [1.165, 1.54) is 5.56 Å². The van der Waals surface area contributed by atoms with Gasteiger partial charge in [0, 0.05) is 25.2 Å². The first-order chi connectivity index (χ1) is 12.1. The van der Waals surface area contributed by atoms with Gasteiger partial charge in [-0.2, -0.15) is 0 Å². The van der Waals surface area contributed by atoms with E-state index in [4.69, 9.17) is 10.5 Å². The van der Waals surface area contributed by atoms with Gasteiger partial charge in [-0.1, -0.05) is 30.3 Å². The number of nitrogens with two attached hydrogens (primary N) is 1. The van der Waals surface area contributed by atoms with Gasteiger partial charge in [-0.3, -0.25) is 4.79 Å². The second-order valence-corrected chi connectivity index (χ2v) is 6.74. The molecule has 0 saturated carbocycles. The number of ether oxygens (including phenoxy) is 1. The van der Waals surface area contributed by atoms with Crippen molar-refractivity contribution in [2.45, 2.75) is 25.9 Å². The predicted molar refractivity (Wildman–Crippen MR) is 97.6 cm³/mol. The van der Waals surface area contributed by atoms with Crippen LogP contribution in [0.3, 0.4) is 0 Å². The second-order valence-electron chi connectivity index (χ2n) is 6.74. The SMILES string of the molecule is CC(C)Oc1cccnc1C(=O)N1C[C@@H](CN)[C@H](c2ccccc2)C1. The normalized spacial score (nSPS) is 20.1. The predicted octanol–water partition coefficient (Wildman–Crippen LogP) is 2.68. The third-order valence-electron chi connectivity index (χ3n) is 4.59. The first-order valence-electron chi connectivity index (χ1n) is 8.76. The summed E-state index contributed by atoms with van der Waals surface area (Å²) in [6, 6.07) is 13.9. The summed E-state index contributed by atoms with van der Waals surface area (Å²) in [5.74, 6) is 0.959. The van der Waals surface area contributed by atoms with Crippen LogP contribution in [0.25, 0.3) is 0 Å². The average molecular weight is 339 g/mol. The molecule has 0 spiro atoms. The van der Waals surface area contributed by atoms with Gasteiger partial charge in [0.05, 0.1) is 6.10 Å². The summed E-state index contributed by atoms with van der Waals surface area (Å²) >= 11 is 0. The van der Waals surface area contributed by atoms with Crippen molar-refractivity contribution in [2.24, 2.45) is 11.7 Å². The molecule has 1 saturated heterocycles. The molecule has 0 aliphatic carbocycles. The molecule has 0 bridgehead atoms. The molecule has 1 aromatic carbocycles. The zero-order valence-electron chi connectivity index (χ0n) is 14.8. The number of rotatable bonds is 5. The summed E-state index contributed by atoms with van der Waals surface area (Å²) in [7, 11) is 0. The molecule has 3 rings (SSSR count). The van der Waals surface area contributed by atoms with Gasteiger partial charge < -0.3 is 15.4 Å². The highest BCUT2D eigenvalue weighted by atomic mass is 16.5. The maximum absolute atomic E-state index is 13.0. The van der Waals surface area contributed by atoms with Gasteiger partial charge in [0.2, 0.25) is 0 Å². The standard InChI is InChI=1S/C20H25N3O2/c1-14(2)25-18-9-6-10-22-19(18)20(24)23-12-16(11-21)17(13-23)15-7-4-3-5-8-15/h3-10,14,16-17H,11-13,21H2,1-2H3/t16-,17+/m1/s1. The highest BCUT2D eigenvalue weighted by Crippen LogP contribution is 2.33. The first kappa shape index (κ1) is 17.4. The number of benzene rings is 1. The van der Waals surface area contributed by atoms with Crippen LogP contribution < -0.4 is 10.5 Å². The van der Waals surface area contributed by atoms with Crippen LogP contribution in [0.5, 0.6) is 5.75 Å². The molecular weight excluding hydrogens is 314 g/mol. The topological polar surface area (TPSA) is 68.5 Å². The number of hydrogen-bond donors (Lipinski definition) is 1. The lowest BCUT2D eigenvalue weighted by atomic mass is 9.89. The van der Waals surface area contributed by atoms with E-state index < -0.39 is 0 Å². The highest BCUT2D eigenvalue weighted by Gasteiger charge is 2.36. The van der Waals surface area contributed by atoms with Crippen LogP contribution >= 0.6 is 0 Å². The molecule has 0 radical (unpaired) electrons. The van der Waals surface area contributed by atoms with Crippen molar-refractivity contribution in [3.8, 4) is 5.75 Å². The summed E-state index contributed by atoms with van der Waals surface area (Å²) in [4.78, 5) is 19.2. The van der Waals surface area contributed by atoms with E-state index in [-0.39, 0.29) is 23.8 Å². The van der Waals surface area contributed by atoms with Crippen LogP contribution in [-0.2, 0) is 0 Å². The lowest BCUT2D eigenvalue weighted by Crippen LogP contribution is -2.31. The Kier molecular flexibility index (Phi) is 5.34. The van der Waals surface area contributed by atoms with Crippen LogP contribution in [0.2, 0.25) is 0 Å². The zero-order chi connectivity index (χ0) is 17.8. The molecule has 2 aromatic rings. The minimum Gasteiger partial charge on any atom is -0.489 e. The van der Waals surface area contributed by atoms with E-state index in [0.717, 1.165) is 0 Å². The Morgan fingerprint density at radius 1 is 1.24 bits per heavy atom. The highest BCUT2D eigenvalue weighted by molar-refractivity contribution is 5.95. The molecule has 1 fully saturated rings. The first-order valence-corrected chi connectivity index (χ1v) is 8.76. The van der Waals surface area contributed by atoms with Crippen LogP contribution in [0.1, 0.15) is 35.8 Å². The summed E-state index contributed by atoms with van der Waals surface area (Å²) < 4.78 is 5.76. The molecule has 132 valence electrons. The monoisotopic (exact) mass is 339 g/mol. The fraction of sp³-hybridized carbons (Fsp3) is 0.400. The Hall–Kier alpha value is -2.40. The maximum atomic E-state index is 13.0. The van der Waals surface area contributed by atoms with Gasteiger partial charge in [-0.25, -0.2) is 4.98 Å². The van der Waals surface area contributed by atoms with E-state index >= 15 is 0 Å². The quantitative estimate of drug-likeness (QED) is 0.909. The third-order valence-corrected chi connectivity index (χ3v) is 4.59. The Bertz CT molecular complexity index is 718.